The summed E-state index contributed by atoms with van der Waals surface area (Å²) in [5, 5.41) is 4.85. The highest BCUT2D eigenvalue weighted by atomic mass is 19.1. The quantitative estimate of drug-likeness (QED) is 0.682. The lowest BCUT2D eigenvalue weighted by molar-refractivity contribution is -0.133. The van der Waals surface area contributed by atoms with Crippen LogP contribution in [-0.4, -0.2) is 64.3 Å². The van der Waals surface area contributed by atoms with Crippen LogP contribution >= 0.6 is 0 Å². The average molecular weight is 426 g/mol. The van der Waals surface area contributed by atoms with E-state index >= 15 is 0 Å². The van der Waals surface area contributed by atoms with Gasteiger partial charge in [0.1, 0.15) is 11.6 Å². The summed E-state index contributed by atoms with van der Waals surface area (Å²) in [6.07, 6.45) is 4.24. The van der Waals surface area contributed by atoms with Gasteiger partial charge in [-0.05, 0) is 57.4 Å². The van der Waals surface area contributed by atoms with Gasteiger partial charge >= 0.3 is 0 Å². The predicted molar refractivity (Wildman–Crippen MR) is 119 cm³/mol. The molecule has 0 N–H and O–H groups in total. The van der Waals surface area contributed by atoms with Crippen LogP contribution in [0, 0.1) is 18.7 Å². The molecule has 1 aliphatic heterocycles. The van der Waals surface area contributed by atoms with E-state index in [9.17, 15) is 9.18 Å². The van der Waals surface area contributed by atoms with Crippen molar-refractivity contribution in [1.29, 1.82) is 0 Å². The number of aryl methyl sites for hydroxylation is 1. The molecule has 3 aliphatic rings. The number of nitrogens with zero attached hydrogens (tertiary/aromatic N) is 5. The lowest BCUT2D eigenvalue weighted by Gasteiger charge is -2.36. The molecular weight excluding hydrogens is 393 g/mol. The molecule has 6 nitrogen and oxygen atoms in total. The van der Waals surface area contributed by atoms with Crippen LogP contribution in [0.25, 0.3) is 5.69 Å². The molecular formula is C24H32FN5O. The molecule has 0 bridgehead atoms. The minimum atomic E-state index is -0.266. The van der Waals surface area contributed by atoms with Gasteiger partial charge in [0, 0.05) is 43.7 Å². The maximum Gasteiger partial charge on any atom is 0.226 e. The van der Waals surface area contributed by atoms with Gasteiger partial charge in [0.2, 0.25) is 5.91 Å². The summed E-state index contributed by atoms with van der Waals surface area (Å²) in [4.78, 5) is 19.9. The molecule has 7 heteroatoms. The number of benzene rings is 1. The molecule has 1 amide bonds. The van der Waals surface area contributed by atoms with Crippen LogP contribution in [0.2, 0.25) is 0 Å². The van der Waals surface area contributed by atoms with Crippen LogP contribution in [0.3, 0.4) is 0 Å². The summed E-state index contributed by atoms with van der Waals surface area (Å²) in [5.41, 5.74) is 2.76. The number of hydrogen-bond acceptors (Lipinski definition) is 4. The second-order valence-corrected chi connectivity index (χ2v) is 9.17. The van der Waals surface area contributed by atoms with Crippen molar-refractivity contribution in [3.8, 4) is 5.69 Å². The lowest BCUT2D eigenvalue weighted by atomic mass is 10.1. The van der Waals surface area contributed by atoms with Gasteiger partial charge in [0.05, 0.1) is 17.9 Å². The Bertz CT molecular complexity index is 957. The highest BCUT2D eigenvalue weighted by Crippen LogP contribution is 2.39. The first-order valence-electron chi connectivity index (χ1n) is 11.7. The fourth-order valence-corrected chi connectivity index (χ4v) is 4.63. The van der Waals surface area contributed by atoms with Crippen LogP contribution in [0.4, 0.5) is 10.2 Å². The molecule has 2 aliphatic carbocycles. The largest absolute Gasteiger partial charge is 0.354 e. The van der Waals surface area contributed by atoms with Crippen molar-refractivity contribution in [2.75, 3.05) is 37.6 Å². The Balaban J connectivity index is 1.52. The van der Waals surface area contributed by atoms with E-state index in [0.29, 0.717) is 18.5 Å². The number of carbonyl (C=O) groups is 1. The van der Waals surface area contributed by atoms with Crippen molar-refractivity contribution in [2.24, 2.45) is 5.92 Å². The Morgan fingerprint density at radius 2 is 1.90 bits per heavy atom. The minimum absolute atomic E-state index is 0.218. The standard InChI is InChI=1S/C24H32FN5O/c1-3-27-11-13-28(14-12-27)23-22(16-29(20-9-10-20)24(31)18-7-8-18)17(2)26-30(23)21-6-4-5-19(25)15-21/h4-6,15,18,20H,3,7-14,16H2,1-2H3. The van der Waals surface area contributed by atoms with Crippen LogP contribution in [0.5, 0.6) is 0 Å². The van der Waals surface area contributed by atoms with Crippen LogP contribution in [0.15, 0.2) is 24.3 Å². The molecule has 1 saturated heterocycles. The first kappa shape index (κ1) is 20.5. The van der Waals surface area contributed by atoms with E-state index in [0.717, 1.165) is 81.2 Å². The van der Waals surface area contributed by atoms with Crippen molar-refractivity contribution in [3.05, 3.63) is 41.3 Å². The topological polar surface area (TPSA) is 44.6 Å². The summed E-state index contributed by atoms with van der Waals surface area (Å²) in [6.45, 7) is 9.66. The number of rotatable bonds is 7. The van der Waals surface area contributed by atoms with E-state index in [4.69, 9.17) is 5.10 Å². The maximum atomic E-state index is 14.0. The first-order chi connectivity index (χ1) is 15.0. The van der Waals surface area contributed by atoms with Gasteiger partial charge in [0.25, 0.3) is 0 Å². The summed E-state index contributed by atoms with van der Waals surface area (Å²) in [5.74, 6) is 1.28. The van der Waals surface area contributed by atoms with Crippen molar-refractivity contribution in [2.45, 2.75) is 52.1 Å². The minimum Gasteiger partial charge on any atom is -0.354 e. The van der Waals surface area contributed by atoms with E-state index in [1.807, 2.05) is 17.7 Å². The smallest absolute Gasteiger partial charge is 0.226 e. The van der Waals surface area contributed by atoms with Gasteiger partial charge < -0.3 is 14.7 Å². The fraction of sp³-hybridized carbons (Fsp3) is 0.583. The second-order valence-electron chi connectivity index (χ2n) is 9.17. The summed E-state index contributed by atoms with van der Waals surface area (Å²) in [7, 11) is 0. The Hall–Kier alpha value is -2.41. The van der Waals surface area contributed by atoms with E-state index in [2.05, 4.69) is 21.6 Å². The van der Waals surface area contributed by atoms with Crippen molar-refractivity contribution in [1.82, 2.24) is 19.6 Å². The number of carbonyl (C=O) groups excluding carboxylic acids is 1. The van der Waals surface area contributed by atoms with E-state index in [1.54, 1.807) is 6.07 Å². The number of hydrogen-bond donors (Lipinski definition) is 0. The highest BCUT2D eigenvalue weighted by molar-refractivity contribution is 5.82. The molecule has 2 heterocycles. The molecule has 31 heavy (non-hydrogen) atoms. The van der Waals surface area contributed by atoms with Crippen molar-refractivity contribution < 1.29 is 9.18 Å². The molecule has 0 atom stereocenters. The fourth-order valence-electron chi connectivity index (χ4n) is 4.63. The molecule has 1 aromatic carbocycles. The number of aromatic nitrogens is 2. The molecule has 166 valence electrons. The van der Waals surface area contributed by atoms with Crippen molar-refractivity contribution in [3.63, 3.8) is 0 Å². The van der Waals surface area contributed by atoms with E-state index in [-0.39, 0.29) is 11.7 Å². The highest BCUT2D eigenvalue weighted by Gasteiger charge is 2.41. The molecule has 3 fully saturated rings. The van der Waals surface area contributed by atoms with Gasteiger partial charge in [0.15, 0.2) is 0 Å². The Kier molecular flexibility index (Phi) is 5.46. The summed E-state index contributed by atoms with van der Waals surface area (Å²) in [6, 6.07) is 7.00. The zero-order valence-corrected chi connectivity index (χ0v) is 18.6. The Morgan fingerprint density at radius 1 is 1.16 bits per heavy atom. The molecule has 2 aromatic rings. The Morgan fingerprint density at radius 3 is 2.52 bits per heavy atom. The third-order valence-corrected chi connectivity index (χ3v) is 6.85. The number of halogens is 1. The SMILES string of the molecule is CCN1CCN(c2c(CN(C(=O)C3CC3)C3CC3)c(C)nn2-c2cccc(F)c2)CC1. The monoisotopic (exact) mass is 425 g/mol. The molecule has 0 unspecified atom stereocenters. The molecule has 0 spiro atoms. The van der Waals surface area contributed by atoms with Crippen molar-refractivity contribution >= 4 is 11.7 Å². The Labute approximate surface area is 183 Å². The van der Waals surface area contributed by atoms with Crippen LogP contribution in [0.1, 0.15) is 43.9 Å². The third-order valence-electron chi connectivity index (χ3n) is 6.85. The van der Waals surface area contributed by atoms with Crippen LogP contribution in [-0.2, 0) is 11.3 Å². The normalized spacial score (nSPS) is 19.6. The van der Waals surface area contributed by atoms with Gasteiger partial charge in [-0.1, -0.05) is 13.0 Å². The number of likely N-dealkylation sites (N-methyl/N-ethyl adjacent to an activating group) is 1. The molecule has 0 radical (unpaired) electrons. The molecule has 5 rings (SSSR count). The number of anilines is 1. The third kappa shape index (κ3) is 4.20. The zero-order chi connectivity index (χ0) is 21.5. The second kappa shape index (κ2) is 8.26. The summed E-state index contributed by atoms with van der Waals surface area (Å²) >= 11 is 0. The predicted octanol–water partition coefficient (Wildman–Crippen LogP) is 3.36. The van der Waals surface area contributed by atoms with E-state index in [1.165, 1.54) is 12.1 Å². The zero-order valence-electron chi connectivity index (χ0n) is 18.6. The van der Waals surface area contributed by atoms with E-state index < -0.39 is 0 Å². The van der Waals surface area contributed by atoms with Gasteiger partial charge in [-0.25, -0.2) is 9.07 Å². The van der Waals surface area contributed by atoms with Gasteiger partial charge in [-0.15, -0.1) is 0 Å². The van der Waals surface area contributed by atoms with Gasteiger partial charge in [-0.2, -0.15) is 5.10 Å². The average Bonchev–Trinajstić information content (AvgIpc) is 3.69. The molecule has 2 saturated carbocycles. The number of amides is 1. The number of piperazine rings is 1. The summed E-state index contributed by atoms with van der Waals surface area (Å²) < 4.78 is 15.9. The maximum absolute atomic E-state index is 14.0. The van der Waals surface area contributed by atoms with Gasteiger partial charge in [-0.3, -0.25) is 4.79 Å². The first-order valence-corrected chi connectivity index (χ1v) is 11.7. The van der Waals surface area contributed by atoms with Crippen LogP contribution < -0.4 is 4.90 Å². The lowest BCUT2D eigenvalue weighted by Crippen LogP contribution is -2.47. The molecule has 1 aromatic heterocycles.